The molecule has 0 unspecified atom stereocenters. The largest absolute Gasteiger partial charge is 0.350 e. The maximum atomic E-state index is 11.6. The molecule has 1 amide bonds. The van der Waals surface area contributed by atoms with Gasteiger partial charge in [0, 0.05) is 4.88 Å². The van der Waals surface area contributed by atoms with Crippen LogP contribution in [-0.4, -0.2) is 11.9 Å². The Bertz CT molecular complexity index is 347. The first kappa shape index (κ1) is 13.2. The zero-order chi connectivity index (χ0) is 12.1. The standard InChI is InChI=1S/C12H20N2OS/c1-4-9-5-6-16-10(9)7-14-12(15)11(13)8(2)3/h5-6,8,11H,4,7,13H2,1-3H3,(H,14,15)/t11-/m0/s1. The van der Waals surface area contributed by atoms with E-state index in [1.54, 1.807) is 11.3 Å². The van der Waals surface area contributed by atoms with Crippen molar-refractivity contribution in [2.45, 2.75) is 39.8 Å². The van der Waals surface area contributed by atoms with Gasteiger partial charge in [0.25, 0.3) is 0 Å². The maximum Gasteiger partial charge on any atom is 0.237 e. The van der Waals surface area contributed by atoms with Gasteiger partial charge >= 0.3 is 0 Å². The highest BCUT2D eigenvalue weighted by Gasteiger charge is 2.16. The van der Waals surface area contributed by atoms with E-state index in [2.05, 4.69) is 23.7 Å². The summed E-state index contributed by atoms with van der Waals surface area (Å²) in [4.78, 5) is 12.9. The van der Waals surface area contributed by atoms with Gasteiger partial charge in [-0.15, -0.1) is 11.3 Å². The number of hydrogen-bond donors (Lipinski definition) is 2. The first-order valence-corrected chi connectivity index (χ1v) is 6.52. The molecule has 0 saturated carbocycles. The molecule has 0 aliphatic rings. The van der Waals surface area contributed by atoms with Gasteiger partial charge in [0.2, 0.25) is 5.91 Å². The van der Waals surface area contributed by atoms with Crippen LogP contribution < -0.4 is 11.1 Å². The van der Waals surface area contributed by atoms with E-state index in [9.17, 15) is 4.79 Å². The Balaban J connectivity index is 2.49. The van der Waals surface area contributed by atoms with E-state index in [1.807, 2.05) is 13.8 Å². The van der Waals surface area contributed by atoms with Gasteiger partial charge in [-0.1, -0.05) is 20.8 Å². The highest BCUT2D eigenvalue weighted by Crippen LogP contribution is 2.16. The minimum absolute atomic E-state index is 0.0644. The molecule has 1 rings (SSSR count). The molecular formula is C12H20N2OS. The normalized spacial score (nSPS) is 12.8. The fraction of sp³-hybridized carbons (Fsp3) is 0.583. The maximum absolute atomic E-state index is 11.6. The Morgan fingerprint density at radius 3 is 2.81 bits per heavy atom. The van der Waals surface area contributed by atoms with Gasteiger partial charge in [-0.3, -0.25) is 4.79 Å². The van der Waals surface area contributed by atoms with Gasteiger partial charge in [-0.2, -0.15) is 0 Å². The van der Waals surface area contributed by atoms with Crippen molar-refractivity contribution in [2.75, 3.05) is 0 Å². The van der Waals surface area contributed by atoms with Gasteiger partial charge in [0.15, 0.2) is 0 Å². The van der Waals surface area contributed by atoms with E-state index >= 15 is 0 Å². The third-order valence-electron chi connectivity index (χ3n) is 2.66. The molecule has 90 valence electrons. The van der Waals surface area contributed by atoms with Crippen LogP contribution in [0, 0.1) is 5.92 Å². The summed E-state index contributed by atoms with van der Waals surface area (Å²) in [5.74, 6) is 0.111. The summed E-state index contributed by atoms with van der Waals surface area (Å²) in [5.41, 5.74) is 7.07. The van der Waals surface area contributed by atoms with Gasteiger partial charge in [-0.25, -0.2) is 0 Å². The van der Waals surface area contributed by atoms with E-state index in [1.165, 1.54) is 10.4 Å². The van der Waals surface area contributed by atoms with E-state index < -0.39 is 6.04 Å². The molecular weight excluding hydrogens is 220 g/mol. The smallest absolute Gasteiger partial charge is 0.237 e. The quantitative estimate of drug-likeness (QED) is 0.826. The molecule has 16 heavy (non-hydrogen) atoms. The first-order chi connectivity index (χ1) is 7.56. The lowest BCUT2D eigenvalue weighted by atomic mass is 10.1. The lowest BCUT2D eigenvalue weighted by molar-refractivity contribution is -0.123. The Morgan fingerprint density at radius 2 is 2.25 bits per heavy atom. The van der Waals surface area contributed by atoms with Crippen molar-refractivity contribution in [1.82, 2.24) is 5.32 Å². The predicted molar refractivity (Wildman–Crippen MR) is 68.4 cm³/mol. The van der Waals surface area contributed by atoms with Crippen LogP contribution >= 0.6 is 11.3 Å². The highest BCUT2D eigenvalue weighted by atomic mass is 32.1. The molecule has 1 atom stereocenters. The number of aryl methyl sites for hydroxylation is 1. The fourth-order valence-corrected chi connectivity index (χ4v) is 2.34. The van der Waals surface area contributed by atoms with Crippen molar-refractivity contribution >= 4 is 17.2 Å². The summed E-state index contributed by atoms with van der Waals surface area (Å²) >= 11 is 1.68. The lowest BCUT2D eigenvalue weighted by Gasteiger charge is -2.15. The number of amides is 1. The van der Waals surface area contributed by atoms with Crippen LogP contribution in [0.25, 0.3) is 0 Å². The summed E-state index contributed by atoms with van der Waals surface area (Å²) in [6.45, 7) is 6.62. The summed E-state index contributed by atoms with van der Waals surface area (Å²) in [5, 5.41) is 4.95. The van der Waals surface area contributed by atoms with Crippen molar-refractivity contribution in [3.05, 3.63) is 21.9 Å². The van der Waals surface area contributed by atoms with Crippen molar-refractivity contribution in [3.8, 4) is 0 Å². The van der Waals surface area contributed by atoms with E-state index in [4.69, 9.17) is 5.73 Å². The average molecular weight is 240 g/mol. The number of nitrogens with one attached hydrogen (secondary N) is 1. The van der Waals surface area contributed by atoms with Crippen LogP contribution in [0.1, 0.15) is 31.2 Å². The second-order valence-corrected chi connectivity index (χ2v) is 5.21. The van der Waals surface area contributed by atoms with E-state index in [0.29, 0.717) is 6.54 Å². The average Bonchev–Trinajstić information content (AvgIpc) is 2.71. The molecule has 0 bridgehead atoms. The lowest BCUT2D eigenvalue weighted by Crippen LogP contribution is -2.43. The molecule has 0 aliphatic carbocycles. The first-order valence-electron chi connectivity index (χ1n) is 5.64. The number of carbonyl (C=O) groups excluding carboxylic acids is 1. The zero-order valence-corrected chi connectivity index (χ0v) is 10.9. The summed E-state index contributed by atoms with van der Waals surface area (Å²) in [6, 6.07) is 1.69. The van der Waals surface area contributed by atoms with E-state index in [-0.39, 0.29) is 11.8 Å². The molecule has 0 radical (unpaired) electrons. The summed E-state index contributed by atoms with van der Waals surface area (Å²) < 4.78 is 0. The molecule has 0 aromatic carbocycles. The van der Waals surface area contributed by atoms with Crippen LogP contribution in [0.4, 0.5) is 0 Å². The van der Waals surface area contributed by atoms with Crippen LogP contribution in [0.5, 0.6) is 0 Å². The van der Waals surface area contributed by atoms with Crippen LogP contribution in [0.2, 0.25) is 0 Å². The Morgan fingerprint density at radius 1 is 1.56 bits per heavy atom. The predicted octanol–water partition coefficient (Wildman–Crippen LogP) is 1.91. The van der Waals surface area contributed by atoms with Crippen LogP contribution in [0.3, 0.4) is 0 Å². The van der Waals surface area contributed by atoms with Gasteiger partial charge in [0.1, 0.15) is 0 Å². The second kappa shape index (κ2) is 6.01. The van der Waals surface area contributed by atoms with Crippen molar-refractivity contribution in [3.63, 3.8) is 0 Å². The molecule has 3 nitrogen and oxygen atoms in total. The van der Waals surface area contributed by atoms with Crippen molar-refractivity contribution < 1.29 is 4.79 Å². The number of nitrogens with two attached hydrogens (primary N) is 1. The SMILES string of the molecule is CCc1ccsc1CNC(=O)[C@@H](N)C(C)C. The molecule has 0 aliphatic heterocycles. The summed E-state index contributed by atoms with van der Waals surface area (Å²) in [6.07, 6.45) is 1.00. The Kier molecular flexibility index (Phi) is 4.96. The monoisotopic (exact) mass is 240 g/mol. The Labute approximate surface area is 101 Å². The summed E-state index contributed by atoms with van der Waals surface area (Å²) in [7, 11) is 0. The molecule has 0 fully saturated rings. The minimum atomic E-state index is -0.412. The van der Waals surface area contributed by atoms with Crippen molar-refractivity contribution in [1.29, 1.82) is 0 Å². The van der Waals surface area contributed by atoms with Gasteiger partial charge in [0.05, 0.1) is 12.6 Å². The molecule has 1 aromatic heterocycles. The zero-order valence-electron chi connectivity index (χ0n) is 10.1. The fourth-order valence-electron chi connectivity index (χ4n) is 1.43. The molecule has 1 heterocycles. The second-order valence-electron chi connectivity index (χ2n) is 4.21. The highest BCUT2D eigenvalue weighted by molar-refractivity contribution is 7.10. The number of hydrogen-bond acceptors (Lipinski definition) is 3. The Hall–Kier alpha value is -0.870. The van der Waals surface area contributed by atoms with Gasteiger partial charge in [-0.05, 0) is 29.3 Å². The van der Waals surface area contributed by atoms with Gasteiger partial charge < -0.3 is 11.1 Å². The molecule has 1 aromatic rings. The van der Waals surface area contributed by atoms with Crippen LogP contribution in [-0.2, 0) is 17.8 Å². The van der Waals surface area contributed by atoms with E-state index in [0.717, 1.165) is 6.42 Å². The number of carbonyl (C=O) groups is 1. The number of thiophene rings is 1. The number of rotatable bonds is 5. The van der Waals surface area contributed by atoms with Crippen molar-refractivity contribution in [2.24, 2.45) is 11.7 Å². The molecule has 3 N–H and O–H groups in total. The third kappa shape index (κ3) is 3.32. The molecule has 4 heteroatoms. The molecule has 0 spiro atoms. The minimum Gasteiger partial charge on any atom is -0.350 e. The molecule has 0 saturated heterocycles. The van der Waals surface area contributed by atoms with Crippen LogP contribution in [0.15, 0.2) is 11.4 Å². The topological polar surface area (TPSA) is 55.1 Å². The third-order valence-corrected chi connectivity index (χ3v) is 3.63.